The van der Waals surface area contributed by atoms with Gasteiger partial charge in [0.2, 0.25) is 0 Å². The molecule has 0 radical (unpaired) electrons. The number of benzene rings is 2. The highest BCUT2D eigenvalue weighted by Gasteiger charge is 2.43. The topological polar surface area (TPSA) is 0 Å². The van der Waals surface area contributed by atoms with E-state index in [4.69, 9.17) is 0 Å². The van der Waals surface area contributed by atoms with Crippen molar-refractivity contribution in [3.05, 3.63) is 58.1 Å². The summed E-state index contributed by atoms with van der Waals surface area (Å²) in [5.74, 6) is 0. The molecule has 1 aliphatic rings. The zero-order chi connectivity index (χ0) is 19.8. The molecule has 0 N–H and O–H groups in total. The average molecular weight is 441 g/mol. The van der Waals surface area contributed by atoms with Crippen LogP contribution in [-0.4, -0.2) is 0 Å². The third kappa shape index (κ3) is 4.56. The maximum absolute atomic E-state index is 3.95. The van der Waals surface area contributed by atoms with Crippen LogP contribution in [0.4, 0.5) is 0 Å². The van der Waals surface area contributed by atoms with Gasteiger partial charge in [0, 0.05) is 9.89 Å². The molecule has 152 valence electrons. The van der Waals surface area contributed by atoms with E-state index in [2.05, 4.69) is 72.2 Å². The molecule has 0 bridgehead atoms. The minimum atomic E-state index is 0.199. The van der Waals surface area contributed by atoms with E-state index < -0.39 is 0 Å². The summed E-state index contributed by atoms with van der Waals surface area (Å²) in [7, 11) is 0. The molecule has 0 aromatic heterocycles. The lowest BCUT2D eigenvalue weighted by Gasteiger charge is -2.33. The summed E-state index contributed by atoms with van der Waals surface area (Å²) >= 11 is 3.95. The molecule has 0 aliphatic heterocycles. The van der Waals surface area contributed by atoms with Gasteiger partial charge in [-0.15, -0.1) is 0 Å². The maximum atomic E-state index is 3.95. The summed E-state index contributed by atoms with van der Waals surface area (Å²) in [5.41, 5.74) is 6.29. The first-order chi connectivity index (χ1) is 13.7. The molecule has 0 amide bonds. The minimum absolute atomic E-state index is 0.199. The SMILES string of the molecule is CCCCCCCC1(CCCCCCC)c2ccccc2-c2cccc(Br)c21. The molecular formula is C27H37Br. The van der Waals surface area contributed by atoms with Crippen LogP contribution < -0.4 is 0 Å². The van der Waals surface area contributed by atoms with Crippen molar-refractivity contribution in [2.75, 3.05) is 0 Å². The van der Waals surface area contributed by atoms with E-state index in [9.17, 15) is 0 Å². The van der Waals surface area contributed by atoms with Crippen LogP contribution in [0, 0.1) is 0 Å². The van der Waals surface area contributed by atoms with Crippen molar-refractivity contribution in [1.29, 1.82) is 0 Å². The summed E-state index contributed by atoms with van der Waals surface area (Å²) in [6.07, 6.45) is 16.1. The highest BCUT2D eigenvalue weighted by molar-refractivity contribution is 9.10. The van der Waals surface area contributed by atoms with Crippen LogP contribution in [0.1, 0.15) is 102 Å². The largest absolute Gasteiger partial charge is 0.0654 e. The van der Waals surface area contributed by atoms with Crippen LogP contribution in [0.2, 0.25) is 0 Å². The van der Waals surface area contributed by atoms with Gasteiger partial charge in [-0.2, -0.15) is 0 Å². The number of rotatable bonds is 12. The number of halogens is 1. The van der Waals surface area contributed by atoms with Crippen LogP contribution in [0.15, 0.2) is 46.9 Å². The van der Waals surface area contributed by atoms with E-state index in [1.807, 2.05) is 0 Å². The molecule has 0 unspecified atom stereocenters. The van der Waals surface area contributed by atoms with E-state index in [0.29, 0.717) is 0 Å². The number of fused-ring (bicyclic) bond motifs is 3. The molecule has 2 aromatic carbocycles. The highest BCUT2D eigenvalue weighted by Crippen LogP contribution is 2.56. The van der Waals surface area contributed by atoms with E-state index in [1.165, 1.54) is 92.6 Å². The quantitative estimate of drug-likeness (QED) is 0.288. The van der Waals surface area contributed by atoms with Crippen molar-refractivity contribution in [3.63, 3.8) is 0 Å². The Morgan fingerprint density at radius 3 is 1.86 bits per heavy atom. The molecule has 0 atom stereocenters. The Bertz CT molecular complexity index is 732. The predicted molar refractivity (Wildman–Crippen MR) is 127 cm³/mol. The van der Waals surface area contributed by atoms with Gasteiger partial charge in [-0.1, -0.05) is 130 Å². The summed E-state index contributed by atoms with van der Waals surface area (Å²) in [6.45, 7) is 4.61. The lowest BCUT2D eigenvalue weighted by Crippen LogP contribution is -2.26. The zero-order valence-electron chi connectivity index (χ0n) is 17.9. The van der Waals surface area contributed by atoms with Gasteiger partial charge in [-0.3, -0.25) is 0 Å². The van der Waals surface area contributed by atoms with Crippen molar-refractivity contribution >= 4 is 15.9 Å². The van der Waals surface area contributed by atoms with Crippen molar-refractivity contribution in [3.8, 4) is 11.1 Å². The maximum Gasteiger partial charge on any atom is 0.0226 e. The summed E-state index contributed by atoms with van der Waals surface area (Å²) < 4.78 is 1.31. The van der Waals surface area contributed by atoms with Crippen LogP contribution in [0.25, 0.3) is 11.1 Å². The van der Waals surface area contributed by atoms with E-state index >= 15 is 0 Å². The molecule has 2 aromatic rings. The Morgan fingerprint density at radius 1 is 0.643 bits per heavy atom. The number of hydrogen-bond acceptors (Lipinski definition) is 0. The molecule has 0 saturated carbocycles. The highest BCUT2D eigenvalue weighted by atomic mass is 79.9. The molecule has 0 nitrogen and oxygen atoms in total. The summed E-state index contributed by atoms with van der Waals surface area (Å²) in [6, 6.07) is 16.0. The Hall–Kier alpha value is -1.08. The Morgan fingerprint density at radius 2 is 1.21 bits per heavy atom. The first-order valence-corrected chi connectivity index (χ1v) is 12.4. The van der Waals surface area contributed by atoms with Crippen LogP contribution >= 0.6 is 15.9 Å². The fourth-order valence-electron chi connectivity index (χ4n) is 5.21. The predicted octanol–water partition coefficient (Wildman–Crippen LogP) is 9.44. The van der Waals surface area contributed by atoms with Crippen LogP contribution in [0.5, 0.6) is 0 Å². The van der Waals surface area contributed by atoms with Gasteiger partial charge in [0.15, 0.2) is 0 Å². The Kier molecular flexibility index (Phi) is 8.21. The van der Waals surface area contributed by atoms with Crippen LogP contribution in [0.3, 0.4) is 0 Å². The van der Waals surface area contributed by atoms with E-state index in [0.717, 1.165) is 0 Å². The second kappa shape index (κ2) is 10.6. The third-order valence-corrected chi connectivity index (χ3v) is 7.30. The molecular weight excluding hydrogens is 404 g/mol. The molecule has 0 spiro atoms. The van der Waals surface area contributed by atoms with E-state index in [1.54, 1.807) is 11.1 Å². The Balaban J connectivity index is 1.90. The summed E-state index contributed by atoms with van der Waals surface area (Å²) in [4.78, 5) is 0. The molecule has 0 saturated heterocycles. The average Bonchev–Trinajstić information content (AvgIpc) is 3.00. The molecule has 3 rings (SSSR count). The number of hydrogen-bond donors (Lipinski definition) is 0. The Labute approximate surface area is 181 Å². The standard InChI is InChI=1S/C27H37Br/c1-3-5-7-9-13-20-27(21-14-10-8-6-4-2)24-18-12-11-16-22(24)23-17-15-19-25(28)26(23)27/h11-12,15-19H,3-10,13-14,20-21H2,1-2H3. The van der Waals surface area contributed by atoms with Gasteiger partial charge in [-0.05, 0) is 41.2 Å². The molecule has 0 heterocycles. The molecule has 0 fully saturated rings. The van der Waals surface area contributed by atoms with Gasteiger partial charge < -0.3 is 0 Å². The number of unbranched alkanes of at least 4 members (excludes halogenated alkanes) is 8. The van der Waals surface area contributed by atoms with Crippen molar-refractivity contribution in [2.45, 2.75) is 96.3 Å². The molecule has 28 heavy (non-hydrogen) atoms. The van der Waals surface area contributed by atoms with Crippen LogP contribution in [-0.2, 0) is 5.41 Å². The van der Waals surface area contributed by atoms with E-state index in [-0.39, 0.29) is 5.41 Å². The summed E-state index contributed by atoms with van der Waals surface area (Å²) in [5, 5.41) is 0. The smallest absolute Gasteiger partial charge is 0.0226 e. The normalized spacial score (nSPS) is 14.1. The second-order valence-electron chi connectivity index (χ2n) is 8.62. The zero-order valence-corrected chi connectivity index (χ0v) is 19.5. The monoisotopic (exact) mass is 440 g/mol. The second-order valence-corrected chi connectivity index (χ2v) is 9.47. The molecule has 1 heteroatoms. The van der Waals surface area contributed by atoms with Gasteiger partial charge in [0.05, 0.1) is 0 Å². The van der Waals surface area contributed by atoms with Gasteiger partial charge in [0.1, 0.15) is 0 Å². The fraction of sp³-hybridized carbons (Fsp3) is 0.556. The fourth-order valence-corrected chi connectivity index (χ4v) is 5.96. The lowest BCUT2D eigenvalue weighted by molar-refractivity contribution is 0.397. The minimum Gasteiger partial charge on any atom is -0.0654 e. The first kappa shape index (κ1) is 21.6. The lowest BCUT2D eigenvalue weighted by atomic mass is 9.70. The van der Waals surface area contributed by atoms with Crippen molar-refractivity contribution in [1.82, 2.24) is 0 Å². The molecule has 1 aliphatic carbocycles. The van der Waals surface area contributed by atoms with Crippen molar-refractivity contribution in [2.24, 2.45) is 0 Å². The van der Waals surface area contributed by atoms with Gasteiger partial charge in [-0.25, -0.2) is 0 Å². The third-order valence-electron chi connectivity index (χ3n) is 6.64. The van der Waals surface area contributed by atoms with Gasteiger partial charge >= 0.3 is 0 Å². The van der Waals surface area contributed by atoms with Crippen molar-refractivity contribution < 1.29 is 0 Å². The first-order valence-electron chi connectivity index (χ1n) is 11.6. The van der Waals surface area contributed by atoms with Gasteiger partial charge in [0.25, 0.3) is 0 Å².